The molecule has 0 aliphatic carbocycles. The zero-order valence-corrected chi connectivity index (χ0v) is 5.75. The summed E-state index contributed by atoms with van der Waals surface area (Å²) in [6.45, 7) is 0. The Morgan fingerprint density at radius 3 is 0.625 bits per heavy atom. The molecule has 56 valence electrons. The van der Waals surface area contributed by atoms with E-state index >= 15 is 0 Å². The minimum Gasteiger partial charge on any atom is -0.857 e. The third-order valence-corrected chi connectivity index (χ3v) is 0. The van der Waals surface area contributed by atoms with Crippen molar-refractivity contribution in [3.05, 3.63) is 0 Å². The van der Waals surface area contributed by atoms with Crippen LogP contribution in [0.15, 0.2) is 0 Å². The number of hydrogen-bond acceptors (Lipinski definition) is 4. The number of rotatable bonds is 0. The van der Waals surface area contributed by atoms with E-state index in [0.717, 1.165) is 28.4 Å². The number of aliphatic hydroxyl groups is 3. The van der Waals surface area contributed by atoms with E-state index in [-0.39, 0.29) is 0 Å². The van der Waals surface area contributed by atoms with E-state index in [1.807, 2.05) is 0 Å². The van der Waals surface area contributed by atoms with Crippen molar-refractivity contribution in [3.63, 3.8) is 0 Å². The van der Waals surface area contributed by atoms with Gasteiger partial charge >= 0.3 is 0 Å². The van der Waals surface area contributed by atoms with Crippen molar-refractivity contribution in [3.8, 4) is 0 Å². The van der Waals surface area contributed by atoms with Gasteiger partial charge in [-0.15, -0.1) is 0 Å². The van der Waals surface area contributed by atoms with Crippen molar-refractivity contribution in [2.45, 2.75) is 0 Å². The van der Waals surface area contributed by atoms with Crippen molar-refractivity contribution in [2.75, 3.05) is 28.4 Å². The topological polar surface area (TPSA) is 83.8 Å². The van der Waals surface area contributed by atoms with Crippen LogP contribution < -0.4 is 5.11 Å². The average molecular weight is 127 g/mol. The Bertz CT molecular complexity index is 8.00. The summed E-state index contributed by atoms with van der Waals surface area (Å²) in [5, 5.41) is 29.2. The van der Waals surface area contributed by atoms with Crippen LogP contribution in [-0.4, -0.2) is 43.8 Å². The van der Waals surface area contributed by atoms with Crippen LogP contribution in [0.25, 0.3) is 0 Å². The Hall–Kier alpha value is -0.160. The fourth-order valence-electron chi connectivity index (χ4n) is 0. The molecule has 0 fully saturated rings. The lowest BCUT2D eigenvalue weighted by molar-refractivity contribution is -0.325. The molecule has 0 aliphatic rings. The molecule has 4 heteroatoms. The zero-order valence-electron chi connectivity index (χ0n) is 5.75. The van der Waals surface area contributed by atoms with Crippen LogP contribution >= 0.6 is 0 Å². The molecular formula is C4H15O4-. The molecule has 0 bridgehead atoms. The molecule has 0 saturated carbocycles. The van der Waals surface area contributed by atoms with Crippen LogP contribution in [0.4, 0.5) is 0 Å². The first kappa shape index (κ1) is 24.9. The minimum atomic E-state index is 0.750. The first-order valence-corrected chi connectivity index (χ1v) is 1.75. The van der Waals surface area contributed by atoms with Gasteiger partial charge in [-0.2, -0.15) is 7.11 Å². The van der Waals surface area contributed by atoms with Gasteiger partial charge in [-0.1, -0.05) is 0 Å². The van der Waals surface area contributed by atoms with Crippen LogP contribution in [0, 0.1) is 0 Å². The van der Waals surface area contributed by atoms with Gasteiger partial charge in [0.15, 0.2) is 0 Å². The molecule has 0 amide bonds. The Morgan fingerprint density at radius 1 is 0.625 bits per heavy atom. The second-order valence-electron chi connectivity index (χ2n) is 0. The normalized spacial score (nSPS) is 3.00. The maximum atomic E-state index is 8.25. The van der Waals surface area contributed by atoms with Crippen molar-refractivity contribution < 1.29 is 20.4 Å². The van der Waals surface area contributed by atoms with Crippen LogP contribution in [0.1, 0.15) is 0 Å². The van der Waals surface area contributed by atoms with Gasteiger partial charge in [-0.3, -0.25) is 0 Å². The molecule has 8 heavy (non-hydrogen) atoms. The standard InChI is InChI=1S/3CH4O.CH3O/c4*1-2/h3*2H,1H3;1H3/q;;;-1. The second-order valence-corrected chi connectivity index (χ2v) is 0. The van der Waals surface area contributed by atoms with Gasteiger partial charge in [0, 0.05) is 21.3 Å². The lowest BCUT2D eigenvalue weighted by Crippen LogP contribution is -1.81. The molecule has 0 aromatic rings. The van der Waals surface area contributed by atoms with Crippen LogP contribution in [0.5, 0.6) is 0 Å². The highest BCUT2D eigenvalue weighted by Crippen LogP contribution is 0.759. The van der Waals surface area contributed by atoms with Gasteiger partial charge in [0.2, 0.25) is 0 Å². The van der Waals surface area contributed by atoms with Crippen LogP contribution in [0.3, 0.4) is 0 Å². The number of hydrogen-bond donors (Lipinski definition) is 3. The maximum Gasteiger partial charge on any atom is 0.0319 e. The lowest BCUT2D eigenvalue weighted by Gasteiger charge is -1.57. The van der Waals surface area contributed by atoms with E-state index in [1.165, 1.54) is 0 Å². The quantitative estimate of drug-likeness (QED) is 0.345. The largest absolute Gasteiger partial charge is 0.857 e. The Kier molecular flexibility index (Phi) is 28300. The summed E-state index contributed by atoms with van der Waals surface area (Å²) >= 11 is 0. The van der Waals surface area contributed by atoms with E-state index < -0.39 is 0 Å². The van der Waals surface area contributed by atoms with Gasteiger partial charge in [0.05, 0.1) is 0 Å². The molecule has 0 unspecified atom stereocenters. The van der Waals surface area contributed by atoms with Gasteiger partial charge < -0.3 is 20.4 Å². The Labute approximate surface area is 50.0 Å². The SMILES string of the molecule is CO.CO.CO.C[O-]. The predicted molar refractivity (Wildman–Crippen MR) is 30.4 cm³/mol. The Morgan fingerprint density at radius 2 is 0.625 bits per heavy atom. The lowest BCUT2D eigenvalue weighted by atomic mass is 11.8. The average Bonchev–Trinajstić information content (AvgIpc) is 2.03. The molecular weight excluding hydrogens is 112 g/mol. The molecule has 0 aliphatic heterocycles. The van der Waals surface area contributed by atoms with Crippen LogP contribution in [-0.2, 0) is 0 Å². The first-order valence-electron chi connectivity index (χ1n) is 1.75. The summed E-state index contributed by atoms with van der Waals surface area (Å²) in [6, 6.07) is 0. The molecule has 4 nitrogen and oxygen atoms in total. The summed E-state index contributed by atoms with van der Waals surface area (Å²) in [6.07, 6.45) is 0. The molecule has 0 spiro atoms. The molecule has 3 N–H and O–H groups in total. The van der Waals surface area contributed by atoms with E-state index in [2.05, 4.69) is 0 Å². The highest BCUT2D eigenvalue weighted by Gasteiger charge is 0.843. The molecule has 0 radical (unpaired) electrons. The maximum absolute atomic E-state index is 8.25. The van der Waals surface area contributed by atoms with Gasteiger partial charge in [-0.25, -0.2) is 0 Å². The molecule has 0 atom stereocenters. The fourth-order valence-corrected chi connectivity index (χ4v) is 0. The molecule has 0 heterocycles. The van der Waals surface area contributed by atoms with Crippen LogP contribution in [0.2, 0.25) is 0 Å². The summed E-state index contributed by atoms with van der Waals surface area (Å²) in [5.41, 5.74) is 0. The van der Waals surface area contributed by atoms with Gasteiger partial charge in [0.25, 0.3) is 0 Å². The smallest absolute Gasteiger partial charge is 0.0319 e. The van der Waals surface area contributed by atoms with Crippen molar-refractivity contribution in [2.24, 2.45) is 0 Å². The third-order valence-electron chi connectivity index (χ3n) is 0. The van der Waals surface area contributed by atoms with Crippen molar-refractivity contribution in [1.29, 1.82) is 0 Å². The summed E-state index contributed by atoms with van der Waals surface area (Å²) < 4.78 is 0. The van der Waals surface area contributed by atoms with E-state index in [9.17, 15) is 0 Å². The van der Waals surface area contributed by atoms with E-state index in [0.29, 0.717) is 0 Å². The summed E-state index contributed by atoms with van der Waals surface area (Å²) in [7, 11) is 3.75. The first-order chi connectivity index (χ1) is 4.00. The fraction of sp³-hybridized carbons (Fsp3) is 1.00. The molecule has 0 aromatic heterocycles. The molecule has 0 saturated heterocycles. The highest BCUT2D eigenvalue weighted by atomic mass is 16.2. The van der Waals surface area contributed by atoms with Gasteiger partial charge in [-0.05, 0) is 0 Å². The van der Waals surface area contributed by atoms with E-state index in [1.54, 1.807) is 0 Å². The van der Waals surface area contributed by atoms with Crippen molar-refractivity contribution in [1.82, 2.24) is 0 Å². The number of aliphatic hydroxyl groups excluding tert-OH is 3. The highest BCUT2D eigenvalue weighted by molar-refractivity contribution is 3.18. The summed E-state index contributed by atoms with van der Waals surface area (Å²) in [4.78, 5) is 0. The minimum absolute atomic E-state index is 0.750. The van der Waals surface area contributed by atoms with E-state index in [4.69, 9.17) is 20.4 Å². The summed E-state index contributed by atoms with van der Waals surface area (Å²) in [5.74, 6) is 0. The zero-order chi connectivity index (χ0) is 8.00. The molecule has 0 rings (SSSR count). The Balaban J connectivity index is -0.0000000133. The second kappa shape index (κ2) is 9110. The monoisotopic (exact) mass is 127 g/mol. The molecule has 0 aromatic carbocycles. The third kappa shape index (κ3) is 5340. The van der Waals surface area contributed by atoms with Gasteiger partial charge in [0.1, 0.15) is 0 Å². The van der Waals surface area contributed by atoms with Crippen molar-refractivity contribution >= 4 is 0 Å². The predicted octanol–water partition coefficient (Wildman–Crippen LogP) is -2.20.